The second-order valence-electron chi connectivity index (χ2n) is 3.90. The Morgan fingerprint density at radius 2 is 2.06 bits per heavy atom. The van der Waals surface area contributed by atoms with Crippen molar-refractivity contribution >= 4 is 11.8 Å². The summed E-state index contributed by atoms with van der Waals surface area (Å²) in [5.41, 5.74) is 6.74. The predicted molar refractivity (Wildman–Crippen MR) is 72.0 cm³/mol. The molecule has 3 nitrogen and oxygen atoms in total. The van der Waals surface area contributed by atoms with Crippen LogP contribution in [0.2, 0.25) is 0 Å². The molecule has 0 radical (unpaired) electrons. The van der Waals surface area contributed by atoms with Crippen molar-refractivity contribution in [2.75, 3.05) is 5.75 Å². The molecular weight excluding hydrogens is 230 g/mol. The molecule has 1 heterocycles. The summed E-state index contributed by atoms with van der Waals surface area (Å²) in [6.45, 7) is 0.609. The van der Waals surface area contributed by atoms with Gasteiger partial charge < -0.3 is 10.3 Å². The van der Waals surface area contributed by atoms with Crippen molar-refractivity contribution in [3.63, 3.8) is 0 Å². The largest absolute Gasteiger partial charge is 0.338 e. The molecule has 17 heavy (non-hydrogen) atoms. The lowest BCUT2D eigenvalue weighted by Crippen LogP contribution is -1.99. The molecule has 0 amide bonds. The molecule has 1 aromatic carbocycles. The summed E-state index contributed by atoms with van der Waals surface area (Å²) in [5, 5.41) is 0. The quantitative estimate of drug-likeness (QED) is 0.824. The van der Waals surface area contributed by atoms with Crippen LogP contribution >= 0.6 is 11.8 Å². The zero-order valence-electron chi connectivity index (χ0n) is 9.97. The van der Waals surface area contributed by atoms with Gasteiger partial charge in [-0.25, -0.2) is 4.98 Å². The third-order valence-corrected chi connectivity index (χ3v) is 3.69. The summed E-state index contributed by atoms with van der Waals surface area (Å²) < 4.78 is 2.07. The number of imidazole rings is 1. The minimum absolute atomic E-state index is 0.609. The highest BCUT2D eigenvalue weighted by Gasteiger charge is 2.00. The van der Waals surface area contributed by atoms with Crippen molar-refractivity contribution in [3.8, 4) is 0 Å². The number of hydrogen-bond donors (Lipinski definition) is 1. The van der Waals surface area contributed by atoms with Gasteiger partial charge in [0.1, 0.15) is 5.82 Å². The van der Waals surface area contributed by atoms with Gasteiger partial charge in [0.25, 0.3) is 0 Å². The molecule has 0 aliphatic heterocycles. The number of benzene rings is 1. The van der Waals surface area contributed by atoms with Gasteiger partial charge in [0.15, 0.2) is 0 Å². The normalized spacial score (nSPS) is 10.7. The molecule has 4 heteroatoms. The summed E-state index contributed by atoms with van der Waals surface area (Å²) in [5.74, 6) is 2.18. The number of hydrogen-bond acceptors (Lipinski definition) is 3. The Kier molecular flexibility index (Phi) is 4.23. The molecule has 2 rings (SSSR count). The van der Waals surface area contributed by atoms with Gasteiger partial charge in [-0.2, -0.15) is 0 Å². The Morgan fingerprint density at radius 3 is 2.65 bits per heavy atom. The fourth-order valence-corrected chi connectivity index (χ4v) is 2.47. The molecule has 0 saturated heterocycles. The van der Waals surface area contributed by atoms with E-state index in [-0.39, 0.29) is 0 Å². The first-order valence-corrected chi connectivity index (χ1v) is 6.66. The van der Waals surface area contributed by atoms with Gasteiger partial charge in [-0.05, 0) is 17.7 Å². The first-order valence-electron chi connectivity index (χ1n) is 5.67. The summed E-state index contributed by atoms with van der Waals surface area (Å²) in [6.07, 6.45) is 4.82. The molecule has 90 valence electrons. The van der Waals surface area contributed by atoms with Gasteiger partial charge >= 0.3 is 0 Å². The van der Waals surface area contributed by atoms with Crippen molar-refractivity contribution in [1.82, 2.24) is 9.55 Å². The Morgan fingerprint density at radius 1 is 1.29 bits per heavy atom. The first kappa shape index (κ1) is 12.2. The molecule has 2 aromatic rings. The molecule has 2 N–H and O–H groups in total. The highest BCUT2D eigenvalue weighted by Crippen LogP contribution is 2.19. The van der Waals surface area contributed by atoms with Crippen molar-refractivity contribution in [1.29, 1.82) is 0 Å². The fraction of sp³-hybridized carbons (Fsp3) is 0.308. The van der Waals surface area contributed by atoms with Crippen LogP contribution in [0.1, 0.15) is 11.4 Å². The zero-order valence-corrected chi connectivity index (χ0v) is 10.8. The summed E-state index contributed by atoms with van der Waals surface area (Å²) in [4.78, 5) is 5.60. The van der Waals surface area contributed by atoms with E-state index in [1.165, 1.54) is 10.5 Å². The van der Waals surface area contributed by atoms with Gasteiger partial charge in [-0.1, -0.05) is 12.1 Å². The number of aryl methyl sites for hydroxylation is 2. The van der Waals surface area contributed by atoms with Crippen LogP contribution in [0.4, 0.5) is 0 Å². The molecular formula is C13H17N3S. The second-order valence-corrected chi connectivity index (χ2v) is 5.07. The minimum Gasteiger partial charge on any atom is -0.338 e. The first-order chi connectivity index (χ1) is 8.29. The van der Waals surface area contributed by atoms with Crippen molar-refractivity contribution in [3.05, 3.63) is 48.0 Å². The van der Waals surface area contributed by atoms with E-state index in [1.807, 2.05) is 31.2 Å². The van der Waals surface area contributed by atoms with E-state index in [4.69, 9.17) is 5.73 Å². The third kappa shape index (κ3) is 3.35. The van der Waals surface area contributed by atoms with E-state index >= 15 is 0 Å². The summed E-state index contributed by atoms with van der Waals surface area (Å²) in [7, 11) is 2.03. The average molecular weight is 247 g/mol. The molecule has 0 saturated carbocycles. The predicted octanol–water partition coefficient (Wildman–Crippen LogP) is 2.21. The van der Waals surface area contributed by atoms with Gasteiger partial charge in [0, 0.05) is 43.1 Å². The number of nitrogens with zero attached hydrogens (tertiary/aromatic N) is 2. The molecule has 1 aromatic heterocycles. The van der Waals surface area contributed by atoms with Gasteiger partial charge in [-0.3, -0.25) is 0 Å². The summed E-state index contributed by atoms with van der Waals surface area (Å²) >= 11 is 1.85. The van der Waals surface area contributed by atoms with Gasteiger partial charge in [0.2, 0.25) is 0 Å². The van der Waals surface area contributed by atoms with Crippen LogP contribution in [0.5, 0.6) is 0 Å². The number of nitrogens with two attached hydrogens (primary N) is 1. The third-order valence-electron chi connectivity index (χ3n) is 2.67. The van der Waals surface area contributed by atoms with Crippen LogP contribution in [0.3, 0.4) is 0 Å². The molecule has 0 aliphatic rings. The fourth-order valence-electron chi connectivity index (χ4n) is 1.62. The maximum absolute atomic E-state index is 5.56. The number of rotatable bonds is 5. The average Bonchev–Trinajstić information content (AvgIpc) is 2.76. The Hall–Kier alpha value is -1.26. The Bertz CT molecular complexity index is 462. The standard InChI is InChI=1S/C13H17N3S/c1-16-8-7-15-13(16)6-9-17-12-4-2-11(10-14)3-5-12/h2-5,7-8H,6,9-10,14H2,1H3. The SMILES string of the molecule is Cn1ccnc1CCSc1ccc(CN)cc1. The lowest BCUT2D eigenvalue weighted by atomic mass is 10.2. The highest BCUT2D eigenvalue weighted by atomic mass is 32.2. The molecule has 0 aliphatic carbocycles. The van der Waals surface area contributed by atoms with Crippen molar-refractivity contribution < 1.29 is 0 Å². The molecule has 0 atom stereocenters. The highest BCUT2D eigenvalue weighted by molar-refractivity contribution is 7.99. The van der Waals surface area contributed by atoms with Gasteiger partial charge in [-0.15, -0.1) is 11.8 Å². The lowest BCUT2D eigenvalue weighted by Gasteiger charge is -2.03. The topological polar surface area (TPSA) is 43.8 Å². The van der Waals surface area contributed by atoms with Crippen LogP contribution in [0, 0.1) is 0 Å². The number of aromatic nitrogens is 2. The van der Waals surface area contributed by atoms with E-state index < -0.39 is 0 Å². The van der Waals surface area contributed by atoms with Crippen LogP contribution in [0.25, 0.3) is 0 Å². The molecule has 0 spiro atoms. The van der Waals surface area contributed by atoms with E-state index in [1.54, 1.807) is 0 Å². The van der Waals surface area contributed by atoms with Crippen LogP contribution in [-0.2, 0) is 20.0 Å². The monoisotopic (exact) mass is 247 g/mol. The van der Waals surface area contributed by atoms with E-state index in [9.17, 15) is 0 Å². The number of thioether (sulfide) groups is 1. The van der Waals surface area contributed by atoms with Crippen LogP contribution in [-0.4, -0.2) is 15.3 Å². The van der Waals surface area contributed by atoms with E-state index in [2.05, 4.69) is 33.8 Å². The Balaban J connectivity index is 1.83. The minimum atomic E-state index is 0.609. The maximum atomic E-state index is 5.56. The summed E-state index contributed by atoms with van der Waals surface area (Å²) in [6, 6.07) is 8.43. The van der Waals surface area contributed by atoms with Crippen LogP contribution < -0.4 is 5.73 Å². The second kappa shape index (κ2) is 5.89. The molecule has 0 bridgehead atoms. The van der Waals surface area contributed by atoms with Gasteiger partial charge in [0.05, 0.1) is 0 Å². The smallest absolute Gasteiger partial charge is 0.109 e. The lowest BCUT2D eigenvalue weighted by molar-refractivity contribution is 0.811. The molecule has 0 unspecified atom stereocenters. The zero-order chi connectivity index (χ0) is 12.1. The Labute approximate surface area is 106 Å². The van der Waals surface area contributed by atoms with E-state index in [0.29, 0.717) is 6.54 Å². The van der Waals surface area contributed by atoms with Crippen LogP contribution in [0.15, 0.2) is 41.6 Å². The van der Waals surface area contributed by atoms with E-state index in [0.717, 1.165) is 18.0 Å². The molecule has 0 fully saturated rings. The van der Waals surface area contributed by atoms with Crippen molar-refractivity contribution in [2.24, 2.45) is 12.8 Å². The maximum Gasteiger partial charge on any atom is 0.109 e. The van der Waals surface area contributed by atoms with Crippen molar-refractivity contribution in [2.45, 2.75) is 17.9 Å².